The highest BCUT2D eigenvalue weighted by Gasteiger charge is 2.09. The van der Waals surface area contributed by atoms with E-state index in [0.29, 0.717) is 29.3 Å². The largest absolute Gasteiger partial charge is 0.493 e. The zero-order valence-electron chi connectivity index (χ0n) is 15.1. The van der Waals surface area contributed by atoms with Gasteiger partial charge in [0.25, 0.3) is 11.8 Å². The second-order valence-electron chi connectivity index (χ2n) is 5.68. The Morgan fingerprint density at radius 2 is 1.81 bits per heavy atom. The lowest BCUT2D eigenvalue weighted by Crippen LogP contribution is -2.25. The molecule has 0 aliphatic rings. The summed E-state index contributed by atoms with van der Waals surface area (Å²) in [6.07, 6.45) is 1.95. The molecule has 0 aliphatic carbocycles. The number of hydrogen-bond donors (Lipinski definition) is 2. The van der Waals surface area contributed by atoms with Gasteiger partial charge in [0, 0.05) is 17.8 Å². The van der Waals surface area contributed by atoms with Gasteiger partial charge in [0.2, 0.25) is 0 Å². The first-order valence-corrected chi connectivity index (χ1v) is 8.58. The molecule has 6 nitrogen and oxygen atoms in total. The summed E-state index contributed by atoms with van der Waals surface area (Å²) >= 11 is 0. The first-order chi connectivity index (χ1) is 12.6. The number of rotatable bonds is 9. The van der Waals surface area contributed by atoms with Crippen molar-refractivity contribution >= 4 is 17.5 Å². The lowest BCUT2D eigenvalue weighted by atomic mass is 10.2. The van der Waals surface area contributed by atoms with E-state index in [9.17, 15) is 9.59 Å². The Morgan fingerprint density at radius 3 is 2.54 bits per heavy atom. The van der Waals surface area contributed by atoms with Gasteiger partial charge in [-0.25, -0.2) is 0 Å². The molecule has 0 unspecified atom stereocenters. The third-order valence-electron chi connectivity index (χ3n) is 3.65. The molecule has 2 aromatic rings. The Bertz CT molecular complexity index is 746. The lowest BCUT2D eigenvalue weighted by molar-refractivity contribution is -0.118. The molecule has 2 amide bonds. The number of carbonyl (C=O) groups excluding carboxylic acids is 2. The van der Waals surface area contributed by atoms with Gasteiger partial charge in [-0.3, -0.25) is 9.59 Å². The summed E-state index contributed by atoms with van der Waals surface area (Å²) in [6, 6.07) is 13.9. The maximum Gasteiger partial charge on any atom is 0.262 e. The van der Waals surface area contributed by atoms with Crippen LogP contribution in [0.2, 0.25) is 0 Å². The van der Waals surface area contributed by atoms with Gasteiger partial charge in [0.1, 0.15) is 0 Å². The van der Waals surface area contributed by atoms with Crippen LogP contribution in [0.5, 0.6) is 11.5 Å². The molecular formula is C20H24N2O4. The molecule has 2 N–H and O–H groups in total. The van der Waals surface area contributed by atoms with E-state index in [-0.39, 0.29) is 18.4 Å². The molecule has 0 saturated heterocycles. The van der Waals surface area contributed by atoms with Crippen LogP contribution in [0.25, 0.3) is 0 Å². The smallest absolute Gasteiger partial charge is 0.262 e. The summed E-state index contributed by atoms with van der Waals surface area (Å²) in [6.45, 7) is 2.54. The summed E-state index contributed by atoms with van der Waals surface area (Å²) in [4.78, 5) is 24.2. The molecular weight excluding hydrogens is 332 g/mol. The predicted molar refractivity (Wildman–Crippen MR) is 101 cm³/mol. The van der Waals surface area contributed by atoms with Crippen LogP contribution in [-0.4, -0.2) is 32.1 Å². The Balaban J connectivity index is 1.90. The molecule has 0 spiro atoms. The average molecular weight is 356 g/mol. The number of nitrogens with one attached hydrogen (secondary N) is 2. The summed E-state index contributed by atoms with van der Waals surface area (Å²) in [5.74, 6) is 0.583. The number of methoxy groups -OCH3 is 1. The van der Waals surface area contributed by atoms with Crippen LogP contribution in [-0.2, 0) is 4.79 Å². The zero-order chi connectivity index (χ0) is 18.8. The molecule has 0 heterocycles. The van der Waals surface area contributed by atoms with Crippen LogP contribution in [0, 0.1) is 0 Å². The van der Waals surface area contributed by atoms with E-state index in [2.05, 4.69) is 17.6 Å². The minimum absolute atomic E-state index is 0.153. The Morgan fingerprint density at radius 1 is 1.04 bits per heavy atom. The molecule has 138 valence electrons. The highest BCUT2D eigenvalue weighted by atomic mass is 16.5. The third-order valence-corrected chi connectivity index (χ3v) is 3.65. The van der Waals surface area contributed by atoms with E-state index in [1.807, 2.05) is 6.07 Å². The monoisotopic (exact) mass is 356 g/mol. The number of unbranched alkanes of at least 4 members (excludes halogenated alkanes) is 1. The van der Waals surface area contributed by atoms with E-state index in [4.69, 9.17) is 9.47 Å². The minimum atomic E-state index is -0.320. The van der Waals surface area contributed by atoms with Crippen LogP contribution >= 0.6 is 0 Å². The molecule has 0 fully saturated rings. The molecule has 0 aliphatic heterocycles. The maximum absolute atomic E-state index is 12.1. The number of hydrogen-bond acceptors (Lipinski definition) is 4. The molecule has 0 atom stereocenters. The number of para-hydroxylation sites is 2. The Kier molecular flexibility index (Phi) is 7.49. The first kappa shape index (κ1) is 19.3. The van der Waals surface area contributed by atoms with Crippen molar-refractivity contribution in [1.82, 2.24) is 5.32 Å². The standard InChI is InChI=1S/C20H24N2O4/c1-3-4-12-21-20(24)15-8-7-9-16(13-15)22-19(23)14-26-18-11-6-5-10-17(18)25-2/h5-11,13H,3-4,12,14H2,1-2H3,(H,21,24)(H,22,23). The van der Waals surface area contributed by atoms with Gasteiger partial charge < -0.3 is 20.1 Å². The van der Waals surface area contributed by atoms with Crippen molar-refractivity contribution in [3.8, 4) is 11.5 Å². The molecule has 2 rings (SSSR count). The fourth-order valence-electron chi connectivity index (χ4n) is 2.30. The van der Waals surface area contributed by atoms with E-state index in [1.165, 1.54) is 0 Å². The van der Waals surface area contributed by atoms with Crippen LogP contribution in [0.1, 0.15) is 30.1 Å². The molecule has 0 bridgehead atoms. The van der Waals surface area contributed by atoms with Crippen molar-refractivity contribution in [3.05, 3.63) is 54.1 Å². The van der Waals surface area contributed by atoms with Crippen LogP contribution < -0.4 is 20.1 Å². The van der Waals surface area contributed by atoms with Crippen LogP contribution in [0.4, 0.5) is 5.69 Å². The number of benzene rings is 2. The van der Waals surface area contributed by atoms with E-state index in [0.717, 1.165) is 12.8 Å². The predicted octanol–water partition coefficient (Wildman–Crippen LogP) is 3.24. The third kappa shape index (κ3) is 5.81. The van der Waals surface area contributed by atoms with Gasteiger partial charge in [-0.15, -0.1) is 0 Å². The molecule has 0 saturated carbocycles. The van der Waals surface area contributed by atoms with Crippen LogP contribution in [0.3, 0.4) is 0 Å². The van der Waals surface area contributed by atoms with Gasteiger partial charge in [0.05, 0.1) is 7.11 Å². The van der Waals surface area contributed by atoms with Gasteiger partial charge in [-0.2, -0.15) is 0 Å². The van der Waals surface area contributed by atoms with Gasteiger partial charge in [-0.05, 0) is 36.8 Å². The summed E-state index contributed by atoms with van der Waals surface area (Å²) in [5.41, 5.74) is 1.05. The van der Waals surface area contributed by atoms with E-state index >= 15 is 0 Å². The fraction of sp³-hybridized carbons (Fsp3) is 0.300. The summed E-state index contributed by atoms with van der Waals surface area (Å²) < 4.78 is 10.7. The summed E-state index contributed by atoms with van der Waals surface area (Å²) in [7, 11) is 1.54. The van der Waals surface area contributed by atoms with Crippen LogP contribution in [0.15, 0.2) is 48.5 Å². The first-order valence-electron chi connectivity index (χ1n) is 8.58. The lowest BCUT2D eigenvalue weighted by Gasteiger charge is -2.11. The minimum Gasteiger partial charge on any atom is -0.493 e. The van der Waals surface area contributed by atoms with E-state index < -0.39 is 0 Å². The van der Waals surface area contributed by atoms with Gasteiger partial charge in [0.15, 0.2) is 18.1 Å². The topological polar surface area (TPSA) is 76.7 Å². The van der Waals surface area contributed by atoms with Gasteiger partial charge in [-0.1, -0.05) is 31.5 Å². The summed E-state index contributed by atoms with van der Waals surface area (Å²) in [5, 5.41) is 5.58. The second-order valence-corrected chi connectivity index (χ2v) is 5.68. The SMILES string of the molecule is CCCCNC(=O)c1cccc(NC(=O)COc2ccccc2OC)c1. The Hall–Kier alpha value is -3.02. The second kappa shape index (κ2) is 10.1. The molecule has 0 aromatic heterocycles. The number of ether oxygens (including phenoxy) is 2. The highest BCUT2D eigenvalue weighted by molar-refractivity contribution is 5.97. The van der Waals surface area contributed by atoms with Crippen molar-refractivity contribution in [3.63, 3.8) is 0 Å². The molecule has 0 radical (unpaired) electrons. The van der Waals surface area contributed by atoms with Crippen molar-refractivity contribution < 1.29 is 19.1 Å². The number of anilines is 1. The quantitative estimate of drug-likeness (QED) is 0.676. The Labute approximate surface area is 153 Å². The molecule has 2 aromatic carbocycles. The fourth-order valence-corrected chi connectivity index (χ4v) is 2.30. The van der Waals surface area contributed by atoms with Crippen molar-refractivity contribution in [1.29, 1.82) is 0 Å². The number of carbonyl (C=O) groups is 2. The molecule has 6 heteroatoms. The zero-order valence-corrected chi connectivity index (χ0v) is 15.1. The van der Waals surface area contributed by atoms with Crippen molar-refractivity contribution in [2.75, 3.05) is 25.6 Å². The van der Waals surface area contributed by atoms with Crippen molar-refractivity contribution in [2.45, 2.75) is 19.8 Å². The molecule has 26 heavy (non-hydrogen) atoms. The number of amides is 2. The highest BCUT2D eigenvalue weighted by Crippen LogP contribution is 2.25. The normalized spacial score (nSPS) is 10.1. The average Bonchev–Trinajstić information content (AvgIpc) is 2.67. The van der Waals surface area contributed by atoms with E-state index in [1.54, 1.807) is 49.6 Å². The van der Waals surface area contributed by atoms with Crippen molar-refractivity contribution in [2.24, 2.45) is 0 Å². The van der Waals surface area contributed by atoms with Gasteiger partial charge >= 0.3 is 0 Å². The maximum atomic E-state index is 12.1.